The van der Waals surface area contributed by atoms with Crippen molar-refractivity contribution in [2.75, 3.05) is 5.32 Å². The highest BCUT2D eigenvalue weighted by Crippen LogP contribution is 2.30. The van der Waals surface area contributed by atoms with Crippen molar-refractivity contribution in [3.05, 3.63) is 72.7 Å². The highest BCUT2D eigenvalue weighted by molar-refractivity contribution is 6.02. The second kappa shape index (κ2) is 6.96. The molecule has 2 aromatic heterocycles. The first kappa shape index (κ1) is 17.4. The molecule has 1 amide bonds. The second-order valence-electron chi connectivity index (χ2n) is 6.24. The second-order valence-corrected chi connectivity index (χ2v) is 6.24. The van der Waals surface area contributed by atoms with Crippen LogP contribution in [-0.2, 0) is 4.79 Å². The molecule has 0 unspecified atom stereocenters. The number of anilines is 1. The van der Waals surface area contributed by atoms with E-state index >= 15 is 0 Å². The normalized spacial score (nSPS) is 10.8. The molecule has 0 saturated carbocycles. The van der Waals surface area contributed by atoms with Gasteiger partial charge in [0, 0.05) is 30.3 Å². The lowest BCUT2D eigenvalue weighted by atomic mass is 10.0. The Morgan fingerprint density at radius 1 is 1.07 bits per heavy atom. The summed E-state index contributed by atoms with van der Waals surface area (Å²) >= 11 is 0. The molecular weight excluding hydrogens is 356 g/mol. The minimum absolute atomic E-state index is 0.000823. The summed E-state index contributed by atoms with van der Waals surface area (Å²) in [5.41, 5.74) is 3.37. The van der Waals surface area contributed by atoms with Gasteiger partial charge in [0.25, 0.3) is 0 Å². The Bertz CT molecular complexity index is 1210. The van der Waals surface area contributed by atoms with Gasteiger partial charge in [0.1, 0.15) is 0 Å². The lowest BCUT2D eigenvalue weighted by molar-refractivity contribution is -0.114. The number of carbonyl (C=O) groups excluding carboxylic acids is 1. The number of nitrogens with zero attached hydrogens (tertiary/aromatic N) is 3. The van der Waals surface area contributed by atoms with Crippen molar-refractivity contribution in [3.63, 3.8) is 0 Å². The number of rotatable bonds is 4. The van der Waals surface area contributed by atoms with E-state index < -0.39 is 5.97 Å². The molecular formula is C21H16N4O3. The number of aromatic carboxylic acids is 1. The van der Waals surface area contributed by atoms with Crippen LogP contribution in [-0.4, -0.2) is 31.7 Å². The fourth-order valence-electron chi connectivity index (χ4n) is 3.16. The Hall–Kier alpha value is -4.00. The molecule has 0 saturated heterocycles. The van der Waals surface area contributed by atoms with Crippen molar-refractivity contribution in [2.45, 2.75) is 6.92 Å². The number of pyridine rings is 1. The number of benzene rings is 2. The summed E-state index contributed by atoms with van der Waals surface area (Å²) in [6.45, 7) is 1.33. The highest BCUT2D eigenvalue weighted by atomic mass is 16.4. The van der Waals surface area contributed by atoms with Crippen LogP contribution in [0.3, 0.4) is 0 Å². The van der Waals surface area contributed by atoms with E-state index in [-0.39, 0.29) is 17.2 Å². The zero-order chi connectivity index (χ0) is 19.7. The quantitative estimate of drug-likeness (QED) is 0.569. The molecule has 0 aliphatic heterocycles. The fraction of sp³-hybridized carbons (Fsp3) is 0.0476. The van der Waals surface area contributed by atoms with Crippen LogP contribution in [0.5, 0.6) is 0 Å². The number of carboxylic acids is 1. The van der Waals surface area contributed by atoms with Crippen molar-refractivity contribution < 1.29 is 14.7 Å². The summed E-state index contributed by atoms with van der Waals surface area (Å²) < 4.78 is 1.56. The van der Waals surface area contributed by atoms with Gasteiger partial charge >= 0.3 is 5.97 Å². The van der Waals surface area contributed by atoms with E-state index in [2.05, 4.69) is 15.4 Å². The van der Waals surface area contributed by atoms with Crippen molar-refractivity contribution >= 4 is 28.5 Å². The maximum Gasteiger partial charge on any atom is 0.337 e. The summed E-state index contributed by atoms with van der Waals surface area (Å²) in [4.78, 5) is 27.5. The molecule has 0 bridgehead atoms. The first-order valence-electron chi connectivity index (χ1n) is 8.57. The van der Waals surface area contributed by atoms with Crippen molar-refractivity contribution in [2.24, 2.45) is 0 Å². The van der Waals surface area contributed by atoms with E-state index in [0.29, 0.717) is 5.69 Å². The zero-order valence-electron chi connectivity index (χ0n) is 15.0. The van der Waals surface area contributed by atoms with Crippen molar-refractivity contribution in [1.29, 1.82) is 0 Å². The predicted octanol–water partition coefficient (Wildman–Crippen LogP) is 3.74. The fourth-order valence-corrected chi connectivity index (χ4v) is 3.16. The SMILES string of the molecule is CC(=O)Nc1c(C(=O)O)cccc1-n1cc(-c2ccnc3ccccc23)cn1. The van der Waals surface area contributed by atoms with Crippen LogP contribution in [0.25, 0.3) is 27.7 Å². The van der Waals surface area contributed by atoms with Crippen molar-refractivity contribution in [3.8, 4) is 16.8 Å². The molecule has 4 rings (SSSR count). The molecule has 0 atom stereocenters. The zero-order valence-corrected chi connectivity index (χ0v) is 15.0. The first-order valence-corrected chi connectivity index (χ1v) is 8.57. The van der Waals surface area contributed by atoms with Crippen LogP contribution in [0.2, 0.25) is 0 Å². The molecule has 2 heterocycles. The minimum atomic E-state index is -1.13. The molecule has 2 aromatic carbocycles. The number of fused-ring (bicyclic) bond motifs is 1. The molecule has 0 aliphatic rings. The highest BCUT2D eigenvalue weighted by Gasteiger charge is 2.17. The van der Waals surface area contributed by atoms with E-state index in [4.69, 9.17) is 0 Å². The van der Waals surface area contributed by atoms with E-state index in [1.165, 1.54) is 13.0 Å². The number of para-hydroxylation sites is 2. The predicted molar refractivity (Wildman–Crippen MR) is 106 cm³/mol. The van der Waals surface area contributed by atoms with Gasteiger partial charge in [-0.05, 0) is 29.8 Å². The molecule has 138 valence electrons. The Balaban J connectivity index is 1.85. The molecule has 7 heteroatoms. The lowest BCUT2D eigenvalue weighted by Gasteiger charge is -2.12. The Labute approximate surface area is 160 Å². The summed E-state index contributed by atoms with van der Waals surface area (Å²) in [5, 5.41) is 17.5. The van der Waals surface area contributed by atoms with E-state index in [9.17, 15) is 14.7 Å². The standard InChI is InChI=1S/C21H16N4O3/c1-13(26)24-20-17(21(27)28)6-4-8-19(20)25-12-14(11-23-25)15-9-10-22-18-7-3-2-5-16(15)18/h2-12H,1H3,(H,24,26)(H,27,28). The Morgan fingerprint density at radius 2 is 1.89 bits per heavy atom. The number of carboxylic acid groups (broad SMARTS) is 1. The monoisotopic (exact) mass is 372 g/mol. The van der Waals surface area contributed by atoms with Gasteiger partial charge in [-0.1, -0.05) is 24.3 Å². The van der Waals surface area contributed by atoms with Gasteiger partial charge in [-0.2, -0.15) is 5.10 Å². The summed E-state index contributed by atoms with van der Waals surface area (Å²) in [6, 6.07) is 14.5. The van der Waals surface area contributed by atoms with Crippen LogP contribution in [0.15, 0.2) is 67.1 Å². The Morgan fingerprint density at radius 3 is 2.68 bits per heavy atom. The third kappa shape index (κ3) is 3.09. The third-order valence-electron chi connectivity index (χ3n) is 4.36. The topological polar surface area (TPSA) is 97.1 Å². The third-order valence-corrected chi connectivity index (χ3v) is 4.36. The average molecular weight is 372 g/mol. The molecule has 2 N–H and O–H groups in total. The maximum absolute atomic E-state index is 11.6. The molecule has 0 radical (unpaired) electrons. The number of hydrogen-bond donors (Lipinski definition) is 2. The van der Waals surface area contributed by atoms with Crippen LogP contribution < -0.4 is 5.32 Å². The van der Waals surface area contributed by atoms with Crippen LogP contribution >= 0.6 is 0 Å². The summed E-state index contributed by atoms with van der Waals surface area (Å²) in [7, 11) is 0. The van der Waals surface area contributed by atoms with Gasteiger partial charge in [0.15, 0.2) is 0 Å². The van der Waals surface area contributed by atoms with Gasteiger partial charge in [-0.3, -0.25) is 9.78 Å². The van der Waals surface area contributed by atoms with Crippen LogP contribution in [0, 0.1) is 0 Å². The number of nitrogens with one attached hydrogen (secondary N) is 1. The molecule has 0 fully saturated rings. The summed E-state index contributed by atoms with van der Waals surface area (Å²) in [5.74, 6) is -1.49. The summed E-state index contributed by atoms with van der Waals surface area (Å²) in [6.07, 6.45) is 5.24. The van der Waals surface area contributed by atoms with Gasteiger partial charge in [0.2, 0.25) is 5.91 Å². The number of hydrogen-bond acceptors (Lipinski definition) is 4. The molecule has 7 nitrogen and oxygen atoms in total. The molecule has 28 heavy (non-hydrogen) atoms. The largest absolute Gasteiger partial charge is 0.478 e. The first-order chi connectivity index (χ1) is 13.5. The average Bonchev–Trinajstić information content (AvgIpc) is 3.17. The Kier molecular flexibility index (Phi) is 4.33. The number of aromatic nitrogens is 3. The smallest absolute Gasteiger partial charge is 0.337 e. The molecule has 4 aromatic rings. The maximum atomic E-state index is 11.6. The van der Waals surface area contributed by atoms with E-state index in [1.54, 1.807) is 35.4 Å². The molecule has 0 aliphatic carbocycles. The van der Waals surface area contributed by atoms with Gasteiger partial charge in [-0.25, -0.2) is 9.48 Å². The van der Waals surface area contributed by atoms with Gasteiger partial charge in [0.05, 0.1) is 28.7 Å². The van der Waals surface area contributed by atoms with E-state index in [1.807, 2.05) is 30.3 Å². The van der Waals surface area contributed by atoms with Crippen LogP contribution in [0.1, 0.15) is 17.3 Å². The number of carbonyl (C=O) groups is 2. The van der Waals surface area contributed by atoms with E-state index in [0.717, 1.165) is 22.0 Å². The van der Waals surface area contributed by atoms with Crippen LogP contribution in [0.4, 0.5) is 5.69 Å². The van der Waals surface area contributed by atoms with Crippen molar-refractivity contribution in [1.82, 2.24) is 14.8 Å². The van der Waals surface area contributed by atoms with Gasteiger partial charge in [-0.15, -0.1) is 0 Å². The molecule has 0 spiro atoms. The number of amides is 1. The van der Waals surface area contributed by atoms with Gasteiger partial charge < -0.3 is 10.4 Å². The lowest BCUT2D eigenvalue weighted by Crippen LogP contribution is -2.14. The minimum Gasteiger partial charge on any atom is -0.478 e.